The van der Waals surface area contributed by atoms with E-state index < -0.39 is 35.3 Å². The second-order valence-electron chi connectivity index (χ2n) is 11.4. The van der Waals surface area contributed by atoms with Gasteiger partial charge in [-0.1, -0.05) is 25.3 Å². The zero-order valence-corrected chi connectivity index (χ0v) is 25.1. The first-order valence-corrected chi connectivity index (χ1v) is 13.6. The molecular formula is C28H48N4O8. The van der Waals surface area contributed by atoms with Crippen LogP contribution in [0.25, 0.3) is 0 Å². The smallest absolute Gasteiger partial charge is 0.410 e. The van der Waals surface area contributed by atoms with Crippen molar-refractivity contribution in [2.24, 2.45) is 0 Å². The summed E-state index contributed by atoms with van der Waals surface area (Å²) in [5.41, 5.74) is -1.39. The molecule has 1 heterocycles. The van der Waals surface area contributed by atoms with Gasteiger partial charge in [-0.2, -0.15) is 0 Å². The Bertz CT molecular complexity index is 779. The van der Waals surface area contributed by atoms with Crippen molar-refractivity contribution in [3.8, 4) is 0 Å². The molecule has 0 atom stereocenters. The molecule has 1 saturated heterocycles. The molecule has 0 N–H and O–H groups in total. The third kappa shape index (κ3) is 15.5. The topological polar surface area (TPSA) is 118 Å². The van der Waals surface area contributed by atoms with Gasteiger partial charge in [-0.15, -0.1) is 0 Å². The number of hydrogen-bond acceptors (Lipinski definition) is 10. The summed E-state index contributed by atoms with van der Waals surface area (Å²) in [6.45, 7) is 20.3. The van der Waals surface area contributed by atoms with E-state index in [4.69, 9.17) is 18.9 Å². The van der Waals surface area contributed by atoms with Crippen LogP contribution in [-0.4, -0.2) is 134 Å². The Hall–Kier alpha value is -3.12. The van der Waals surface area contributed by atoms with Gasteiger partial charge in [0.2, 0.25) is 0 Å². The van der Waals surface area contributed by atoms with Crippen LogP contribution in [0.4, 0.5) is 9.59 Å². The highest BCUT2D eigenvalue weighted by atomic mass is 16.6. The number of amides is 2. The van der Waals surface area contributed by atoms with Gasteiger partial charge >= 0.3 is 24.1 Å². The lowest BCUT2D eigenvalue weighted by molar-refractivity contribution is -0.144. The Balaban J connectivity index is 3.21. The highest BCUT2D eigenvalue weighted by molar-refractivity contribution is 5.72. The SMILES string of the molecule is C=CCOC(=O)CN1CCN(C(=O)OC(C)(C)C)CCN(CC(=O)OCC=C)CCN(C(=O)OC(C)(C)C)CC1. The number of rotatable bonds is 8. The van der Waals surface area contributed by atoms with Gasteiger partial charge in [-0.05, 0) is 41.5 Å². The van der Waals surface area contributed by atoms with Crippen molar-refractivity contribution in [1.29, 1.82) is 0 Å². The molecule has 0 spiro atoms. The average molecular weight is 569 g/mol. The fourth-order valence-corrected chi connectivity index (χ4v) is 3.59. The Labute approximate surface area is 238 Å². The highest BCUT2D eigenvalue weighted by Gasteiger charge is 2.28. The van der Waals surface area contributed by atoms with E-state index in [1.54, 1.807) is 51.3 Å². The number of esters is 2. The van der Waals surface area contributed by atoms with Gasteiger partial charge in [-0.3, -0.25) is 19.4 Å². The van der Waals surface area contributed by atoms with Crippen molar-refractivity contribution in [2.45, 2.75) is 52.7 Å². The lowest BCUT2D eigenvalue weighted by atomic mass is 10.2. The molecule has 1 aliphatic heterocycles. The van der Waals surface area contributed by atoms with Crippen LogP contribution in [0.15, 0.2) is 25.3 Å². The zero-order chi connectivity index (χ0) is 30.3. The van der Waals surface area contributed by atoms with Crippen LogP contribution in [0.5, 0.6) is 0 Å². The Kier molecular flexibility index (Phi) is 14.7. The fraction of sp³-hybridized carbons (Fsp3) is 0.714. The van der Waals surface area contributed by atoms with Crippen molar-refractivity contribution in [2.75, 3.05) is 78.7 Å². The normalized spacial score (nSPS) is 16.6. The van der Waals surface area contributed by atoms with E-state index in [-0.39, 0.29) is 52.5 Å². The predicted octanol–water partition coefficient (Wildman–Crippen LogP) is 2.54. The third-order valence-corrected chi connectivity index (χ3v) is 5.48. The van der Waals surface area contributed by atoms with Crippen LogP contribution in [0, 0.1) is 0 Å². The van der Waals surface area contributed by atoms with E-state index >= 15 is 0 Å². The standard InChI is InChI=1S/C28H48N4O8/c1-9-19-37-23(33)21-29-11-15-31(25(35)39-27(3,4)5)17-13-30(22-24(34)38-20-10-2)14-18-32(16-12-29)26(36)40-28(6,7)8/h9-10H,1-2,11-22H2,3-8H3. The van der Waals surface area contributed by atoms with Gasteiger partial charge < -0.3 is 28.7 Å². The molecule has 0 aromatic heterocycles. The summed E-state index contributed by atoms with van der Waals surface area (Å²) >= 11 is 0. The monoisotopic (exact) mass is 568 g/mol. The Morgan fingerprint density at radius 3 is 1.15 bits per heavy atom. The van der Waals surface area contributed by atoms with Gasteiger partial charge in [0.05, 0.1) is 13.1 Å². The molecule has 1 fully saturated rings. The Morgan fingerprint density at radius 2 is 0.900 bits per heavy atom. The van der Waals surface area contributed by atoms with Crippen LogP contribution in [0.2, 0.25) is 0 Å². The van der Waals surface area contributed by atoms with Gasteiger partial charge in [0, 0.05) is 52.4 Å². The minimum atomic E-state index is -0.697. The molecule has 1 rings (SSSR count). The molecule has 0 unspecified atom stereocenters. The van der Waals surface area contributed by atoms with Crippen LogP contribution in [0.3, 0.4) is 0 Å². The molecule has 0 aromatic rings. The Morgan fingerprint density at radius 1 is 0.600 bits per heavy atom. The van der Waals surface area contributed by atoms with Crippen molar-refractivity contribution in [3.05, 3.63) is 25.3 Å². The molecule has 0 aliphatic carbocycles. The lowest BCUT2D eigenvalue weighted by Gasteiger charge is -2.35. The summed E-state index contributed by atoms with van der Waals surface area (Å²) in [5, 5.41) is 0. The van der Waals surface area contributed by atoms with Crippen LogP contribution >= 0.6 is 0 Å². The quantitative estimate of drug-likeness (QED) is 0.246. The van der Waals surface area contributed by atoms with Gasteiger partial charge in [-0.25, -0.2) is 9.59 Å². The maximum Gasteiger partial charge on any atom is 0.410 e. The molecule has 0 radical (unpaired) electrons. The minimum Gasteiger partial charge on any atom is -0.461 e. The minimum absolute atomic E-state index is 0.0283. The van der Waals surface area contributed by atoms with E-state index in [1.807, 2.05) is 9.80 Å². The summed E-state index contributed by atoms with van der Waals surface area (Å²) in [6.07, 6.45) is 1.98. The third-order valence-electron chi connectivity index (χ3n) is 5.48. The molecule has 2 amide bonds. The number of nitrogens with zero attached hydrogens (tertiary/aromatic N) is 4. The predicted molar refractivity (Wildman–Crippen MR) is 151 cm³/mol. The van der Waals surface area contributed by atoms with Crippen LogP contribution in [-0.2, 0) is 28.5 Å². The molecule has 0 aromatic carbocycles. The van der Waals surface area contributed by atoms with Crippen LogP contribution < -0.4 is 0 Å². The summed E-state index contributed by atoms with van der Waals surface area (Å²) < 4.78 is 21.5. The van der Waals surface area contributed by atoms with E-state index in [2.05, 4.69) is 13.2 Å². The van der Waals surface area contributed by atoms with Gasteiger partial charge in [0.25, 0.3) is 0 Å². The van der Waals surface area contributed by atoms with E-state index in [9.17, 15) is 19.2 Å². The average Bonchev–Trinajstić information content (AvgIpc) is 2.82. The molecular weight excluding hydrogens is 520 g/mol. The number of ether oxygens (including phenoxy) is 4. The second-order valence-corrected chi connectivity index (χ2v) is 11.4. The van der Waals surface area contributed by atoms with Gasteiger partial charge in [0.15, 0.2) is 0 Å². The van der Waals surface area contributed by atoms with Crippen LogP contribution in [0.1, 0.15) is 41.5 Å². The molecule has 12 nitrogen and oxygen atoms in total. The molecule has 228 valence electrons. The summed E-state index contributed by atoms with van der Waals surface area (Å²) in [4.78, 5) is 57.6. The first-order chi connectivity index (χ1) is 18.6. The maximum atomic E-state index is 13.0. The summed E-state index contributed by atoms with van der Waals surface area (Å²) in [6, 6.07) is 0. The highest BCUT2D eigenvalue weighted by Crippen LogP contribution is 2.13. The zero-order valence-electron chi connectivity index (χ0n) is 25.1. The number of hydrogen-bond donors (Lipinski definition) is 0. The number of carbonyl (C=O) groups is 4. The van der Waals surface area contributed by atoms with Crippen molar-refractivity contribution < 1.29 is 38.1 Å². The van der Waals surface area contributed by atoms with Crippen molar-refractivity contribution in [3.63, 3.8) is 0 Å². The van der Waals surface area contributed by atoms with E-state index in [0.717, 1.165) is 0 Å². The van der Waals surface area contributed by atoms with Crippen molar-refractivity contribution >= 4 is 24.1 Å². The molecule has 12 heteroatoms. The maximum absolute atomic E-state index is 13.0. The first-order valence-electron chi connectivity index (χ1n) is 13.6. The van der Waals surface area contributed by atoms with Crippen molar-refractivity contribution in [1.82, 2.24) is 19.6 Å². The largest absolute Gasteiger partial charge is 0.461 e. The first kappa shape index (κ1) is 34.9. The van der Waals surface area contributed by atoms with E-state index in [1.165, 1.54) is 12.2 Å². The molecule has 0 saturated carbocycles. The van der Waals surface area contributed by atoms with E-state index in [0.29, 0.717) is 26.2 Å². The second kappa shape index (κ2) is 16.9. The summed E-state index contributed by atoms with van der Waals surface area (Å²) in [5.74, 6) is -0.882. The lowest BCUT2D eigenvalue weighted by Crippen LogP contribution is -2.51. The van der Waals surface area contributed by atoms with Gasteiger partial charge in [0.1, 0.15) is 24.4 Å². The molecule has 1 aliphatic rings. The number of carbonyl (C=O) groups excluding carboxylic acids is 4. The molecule has 40 heavy (non-hydrogen) atoms. The molecule has 0 bridgehead atoms. The fourth-order valence-electron chi connectivity index (χ4n) is 3.59. The summed E-state index contributed by atoms with van der Waals surface area (Å²) in [7, 11) is 0.